The van der Waals surface area contributed by atoms with Crippen molar-refractivity contribution >= 4 is 46.3 Å². The quantitative estimate of drug-likeness (QED) is 0.345. The van der Waals surface area contributed by atoms with Crippen molar-refractivity contribution in [1.29, 1.82) is 0 Å². The summed E-state index contributed by atoms with van der Waals surface area (Å²) in [5, 5.41) is 4.29. The summed E-state index contributed by atoms with van der Waals surface area (Å²) in [4.78, 5) is 54.8. The second-order valence-corrected chi connectivity index (χ2v) is 12.7. The van der Waals surface area contributed by atoms with E-state index >= 15 is 0 Å². The van der Waals surface area contributed by atoms with Gasteiger partial charge in [-0.3, -0.25) is 19.4 Å². The van der Waals surface area contributed by atoms with Crippen molar-refractivity contribution in [2.75, 3.05) is 23.8 Å². The predicted molar refractivity (Wildman–Crippen MR) is 167 cm³/mol. The molecule has 0 saturated carbocycles. The highest BCUT2D eigenvalue weighted by molar-refractivity contribution is 6.12. The number of aryl methyl sites for hydroxylation is 1. The van der Waals surface area contributed by atoms with Crippen molar-refractivity contribution in [2.45, 2.75) is 58.3 Å². The SMILES string of the molecule is CN1C(=O)[C@@H]2CCCN2Cc2ccc(Nc3ccc(-c4ccnc5c4ccn5C)c4c3C(=O)N(C(=O)OC(C)(C)C)C4)nc21. The molecule has 4 aromatic rings. The van der Waals surface area contributed by atoms with Crippen LogP contribution < -0.4 is 10.2 Å². The van der Waals surface area contributed by atoms with Crippen molar-refractivity contribution in [3.63, 3.8) is 0 Å². The van der Waals surface area contributed by atoms with Crippen LogP contribution in [0.4, 0.5) is 22.1 Å². The van der Waals surface area contributed by atoms with Gasteiger partial charge < -0.3 is 14.6 Å². The smallest absolute Gasteiger partial charge is 0.417 e. The lowest BCUT2D eigenvalue weighted by Crippen LogP contribution is -2.41. The Morgan fingerprint density at radius 1 is 1.02 bits per heavy atom. The molecule has 7 rings (SSSR count). The number of likely N-dealkylation sites (N-methyl/N-ethyl adjacent to an activating group) is 1. The predicted octanol–water partition coefficient (Wildman–Crippen LogP) is 5.21. The number of hydrogen-bond donors (Lipinski definition) is 1. The number of nitrogens with zero attached hydrogens (tertiary/aromatic N) is 6. The largest absolute Gasteiger partial charge is 0.443 e. The van der Waals surface area contributed by atoms with Crippen LogP contribution in [0.25, 0.3) is 22.2 Å². The molecule has 0 spiro atoms. The number of carbonyl (C=O) groups excluding carboxylic acids is 3. The molecular weight excluding hydrogens is 558 g/mol. The fourth-order valence-electron chi connectivity index (χ4n) is 6.58. The maximum atomic E-state index is 14.0. The Bertz CT molecular complexity index is 1860. The lowest BCUT2D eigenvalue weighted by molar-refractivity contribution is -0.122. The zero-order valence-electron chi connectivity index (χ0n) is 25.5. The Balaban J connectivity index is 1.30. The van der Waals surface area contributed by atoms with Crippen molar-refractivity contribution in [2.24, 2.45) is 7.05 Å². The average molecular weight is 594 g/mol. The number of anilines is 3. The summed E-state index contributed by atoms with van der Waals surface area (Å²) in [7, 11) is 3.71. The van der Waals surface area contributed by atoms with Gasteiger partial charge in [0.25, 0.3) is 5.91 Å². The molecule has 3 aliphatic heterocycles. The number of rotatable bonds is 3. The molecule has 1 aromatic carbocycles. The molecule has 0 radical (unpaired) electrons. The molecule has 11 nitrogen and oxygen atoms in total. The minimum atomic E-state index is -0.762. The van der Waals surface area contributed by atoms with Crippen molar-refractivity contribution in [1.82, 2.24) is 24.3 Å². The number of carbonyl (C=O) groups is 3. The molecule has 0 unspecified atom stereocenters. The number of nitrogens with one attached hydrogen (secondary N) is 1. The third kappa shape index (κ3) is 4.59. The van der Waals surface area contributed by atoms with E-state index in [2.05, 4.69) is 15.2 Å². The third-order valence-electron chi connectivity index (χ3n) is 8.65. The Kier molecular flexibility index (Phi) is 6.47. The first kappa shape index (κ1) is 28.0. The molecule has 3 aliphatic rings. The summed E-state index contributed by atoms with van der Waals surface area (Å²) in [6.45, 7) is 6.95. The van der Waals surface area contributed by atoms with E-state index in [1.165, 1.54) is 0 Å². The van der Waals surface area contributed by atoms with Gasteiger partial charge in [0.05, 0.1) is 23.8 Å². The maximum absolute atomic E-state index is 14.0. The number of amides is 3. The summed E-state index contributed by atoms with van der Waals surface area (Å²) >= 11 is 0. The average Bonchev–Trinajstić information content (AvgIpc) is 3.68. The van der Waals surface area contributed by atoms with E-state index in [0.29, 0.717) is 35.0 Å². The first-order valence-electron chi connectivity index (χ1n) is 14.9. The minimum absolute atomic E-state index is 0.0453. The van der Waals surface area contributed by atoms with Gasteiger partial charge in [-0.15, -0.1) is 0 Å². The standard InChI is InChI=1S/C33H35N7O4/c1-33(2,3)44-32(43)40-18-23-20(21-12-14-34-29-22(21)13-16-37(29)4)9-10-24(27(23)31(40)42)35-26-11-8-19-17-39-15-6-7-25(39)30(41)38(5)28(19)36-26/h8-14,16,25H,6-7,15,17-18H2,1-5H3,(H,35,36)/t25-/m0/s1. The molecule has 1 fully saturated rings. The molecule has 0 aliphatic carbocycles. The van der Waals surface area contributed by atoms with Gasteiger partial charge in [-0.2, -0.15) is 0 Å². The van der Waals surface area contributed by atoms with Gasteiger partial charge in [0.15, 0.2) is 0 Å². The van der Waals surface area contributed by atoms with Crippen LogP contribution in [0.2, 0.25) is 0 Å². The van der Waals surface area contributed by atoms with Crippen molar-refractivity contribution in [3.05, 3.63) is 65.5 Å². The summed E-state index contributed by atoms with van der Waals surface area (Å²) in [5.41, 5.74) is 4.41. The van der Waals surface area contributed by atoms with E-state index in [4.69, 9.17) is 9.72 Å². The van der Waals surface area contributed by atoms with E-state index in [9.17, 15) is 14.4 Å². The van der Waals surface area contributed by atoms with Gasteiger partial charge in [0.1, 0.15) is 22.9 Å². The van der Waals surface area contributed by atoms with Gasteiger partial charge in [-0.25, -0.2) is 19.7 Å². The Labute approximate surface area is 255 Å². The minimum Gasteiger partial charge on any atom is -0.443 e. The summed E-state index contributed by atoms with van der Waals surface area (Å²) in [6.07, 6.45) is 4.87. The zero-order valence-corrected chi connectivity index (χ0v) is 25.5. The van der Waals surface area contributed by atoms with Crippen LogP contribution in [-0.4, -0.2) is 67.5 Å². The first-order valence-corrected chi connectivity index (χ1v) is 14.9. The molecule has 6 heterocycles. The van der Waals surface area contributed by atoms with E-state index in [-0.39, 0.29) is 18.5 Å². The van der Waals surface area contributed by atoms with Gasteiger partial charge in [0.2, 0.25) is 5.91 Å². The third-order valence-corrected chi connectivity index (χ3v) is 8.65. The number of fused-ring (bicyclic) bond motifs is 4. The van der Waals surface area contributed by atoms with Crippen LogP contribution in [-0.2, 0) is 29.7 Å². The second-order valence-electron chi connectivity index (χ2n) is 12.7. The first-order chi connectivity index (χ1) is 21.0. The molecule has 44 heavy (non-hydrogen) atoms. The van der Waals surface area contributed by atoms with Gasteiger partial charge in [-0.05, 0) is 81.1 Å². The number of aromatic nitrogens is 3. The second kappa shape index (κ2) is 10.2. The van der Waals surface area contributed by atoms with Crippen LogP contribution in [0.3, 0.4) is 0 Å². The van der Waals surface area contributed by atoms with Crippen LogP contribution in [0.5, 0.6) is 0 Å². The molecule has 1 saturated heterocycles. The highest BCUT2D eigenvalue weighted by atomic mass is 16.6. The van der Waals surface area contributed by atoms with Crippen LogP contribution in [0.1, 0.15) is 55.1 Å². The van der Waals surface area contributed by atoms with Crippen LogP contribution in [0.15, 0.2) is 48.8 Å². The highest BCUT2D eigenvalue weighted by Gasteiger charge is 2.40. The van der Waals surface area contributed by atoms with E-state index in [1.807, 2.05) is 54.2 Å². The number of hydrogen-bond acceptors (Lipinski definition) is 8. The molecule has 1 N–H and O–H groups in total. The Morgan fingerprint density at radius 2 is 1.84 bits per heavy atom. The Morgan fingerprint density at radius 3 is 2.64 bits per heavy atom. The summed E-state index contributed by atoms with van der Waals surface area (Å²) < 4.78 is 7.55. The van der Waals surface area contributed by atoms with E-state index in [0.717, 1.165) is 52.0 Å². The van der Waals surface area contributed by atoms with Gasteiger partial charge in [0, 0.05) is 44.0 Å². The van der Waals surface area contributed by atoms with Crippen molar-refractivity contribution < 1.29 is 19.1 Å². The van der Waals surface area contributed by atoms with Gasteiger partial charge >= 0.3 is 6.09 Å². The topological polar surface area (TPSA) is 113 Å². The van der Waals surface area contributed by atoms with E-state index in [1.54, 1.807) is 38.9 Å². The maximum Gasteiger partial charge on any atom is 0.417 e. The normalized spacial score (nSPS) is 18.3. The van der Waals surface area contributed by atoms with E-state index < -0.39 is 17.6 Å². The number of pyridine rings is 2. The highest BCUT2D eigenvalue weighted by Crippen LogP contribution is 2.41. The lowest BCUT2D eigenvalue weighted by Gasteiger charge is -2.23. The number of imide groups is 1. The fraction of sp³-hybridized carbons (Fsp3) is 0.364. The monoisotopic (exact) mass is 593 g/mol. The van der Waals surface area contributed by atoms with Gasteiger partial charge in [-0.1, -0.05) is 12.1 Å². The molecule has 226 valence electrons. The lowest BCUT2D eigenvalue weighted by atomic mass is 9.94. The molecular formula is C33H35N7O4. The van der Waals surface area contributed by atoms with Crippen LogP contribution >= 0.6 is 0 Å². The molecule has 3 amide bonds. The molecule has 1 atom stereocenters. The molecule has 11 heteroatoms. The fourth-order valence-corrected chi connectivity index (χ4v) is 6.58. The molecule has 0 bridgehead atoms. The summed E-state index contributed by atoms with van der Waals surface area (Å²) in [5.74, 6) is 0.703. The zero-order chi connectivity index (χ0) is 30.9. The van der Waals surface area contributed by atoms with Crippen LogP contribution in [0, 0.1) is 0 Å². The number of ether oxygens (including phenoxy) is 1. The Hall–Kier alpha value is -4.77. The molecule has 3 aromatic heterocycles. The van der Waals surface area contributed by atoms with Crippen molar-refractivity contribution in [3.8, 4) is 11.1 Å². The summed E-state index contributed by atoms with van der Waals surface area (Å²) in [6, 6.07) is 11.5. The number of benzene rings is 1.